The Balaban J connectivity index is 4.26. The molecule has 0 radical (unpaired) electrons. The smallest absolute Gasteiger partial charge is 0.326 e. The van der Waals surface area contributed by atoms with E-state index in [0.29, 0.717) is 19.4 Å². The summed E-state index contributed by atoms with van der Waals surface area (Å²) >= 11 is 0. The number of unbranched alkanes of at least 4 members (excludes halogenated alkanes) is 1. The zero-order chi connectivity index (χ0) is 14.1. The maximum absolute atomic E-state index is 11.4. The Hall–Kier alpha value is -1.67. The number of carboxylic acid groups (broad SMARTS) is 2. The molecule has 0 aliphatic heterocycles. The average molecular weight is 261 g/mol. The van der Waals surface area contributed by atoms with Gasteiger partial charge >= 0.3 is 11.9 Å². The van der Waals surface area contributed by atoms with Gasteiger partial charge in [0.05, 0.1) is 12.5 Å². The number of aliphatic carboxylic acids is 2. The van der Waals surface area contributed by atoms with Crippen LogP contribution in [0.25, 0.3) is 0 Å². The summed E-state index contributed by atoms with van der Waals surface area (Å²) in [4.78, 5) is 32.7. The summed E-state index contributed by atoms with van der Waals surface area (Å²) in [6, 6.07) is -2.32. The van der Waals surface area contributed by atoms with Crippen molar-refractivity contribution < 1.29 is 24.6 Å². The summed E-state index contributed by atoms with van der Waals surface area (Å²) < 4.78 is 0. The van der Waals surface area contributed by atoms with Crippen LogP contribution in [0.5, 0.6) is 0 Å². The predicted molar refractivity (Wildman–Crippen MR) is 62.7 cm³/mol. The van der Waals surface area contributed by atoms with Crippen LogP contribution < -0.4 is 16.8 Å². The summed E-state index contributed by atoms with van der Waals surface area (Å²) in [7, 11) is 0. The molecule has 2 atom stereocenters. The topological polar surface area (TPSA) is 156 Å². The van der Waals surface area contributed by atoms with E-state index in [1.165, 1.54) is 0 Å². The quantitative estimate of drug-likeness (QED) is 0.316. The number of nitrogens with two attached hydrogens (primary N) is 2. The highest BCUT2D eigenvalue weighted by atomic mass is 16.4. The van der Waals surface area contributed by atoms with Gasteiger partial charge in [0.25, 0.3) is 0 Å². The fraction of sp³-hybridized carbons (Fsp3) is 0.700. The third-order valence-electron chi connectivity index (χ3n) is 2.29. The van der Waals surface area contributed by atoms with Crippen LogP contribution in [0.4, 0.5) is 0 Å². The van der Waals surface area contributed by atoms with Gasteiger partial charge in [-0.3, -0.25) is 9.59 Å². The van der Waals surface area contributed by atoms with E-state index in [1.807, 2.05) is 0 Å². The average Bonchev–Trinajstić information content (AvgIpc) is 2.26. The predicted octanol–water partition coefficient (Wildman–Crippen LogP) is -1.51. The van der Waals surface area contributed by atoms with Gasteiger partial charge in [0.2, 0.25) is 5.91 Å². The molecule has 0 heterocycles. The number of carboxylic acids is 2. The van der Waals surface area contributed by atoms with Crippen LogP contribution in [0, 0.1) is 0 Å². The molecule has 8 nitrogen and oxygen atoms in total. The monoisotopic (exact) mass is 261 g/mol. The number of rotatable bonds is 9. The molecule has 0 saturated carbocycles. The molecule has 1 amide bonds. The normalized spacial score (nSPS) is 13.7. The van der Waals surface area contributed by atoms with Crippen LogP contribution >= 0.6 is 0 Å². The second kappa shape index (κ2) is 8.43. The fourth-order valence-electron chi connectivity index (χ4n) is 1.31. The molecule has 0 spiro atoms. The van der Waals surface area contributed by atoms with Crippen LogP contribution in [-0.4, -0.2) is 46.7 Å². The van der Waals surface area contributed by atoms with Crippen molar-refractivity contribution in [3.63, 3.8) is 0 Å². The standard InChI is InChI=1S/C10H19N3O5/c11-4-2-1-3-7(10(17)18)13-9(16)6(12)5-8(14)15/h6-7H,1-5,11-12H2,(H,13,16)(H,14,15)(H,17,18)/t6-,7-/m0/s1. The van der Waals surface area contributed by atoms with Gasteiger partial charge in [-0.2, -0.15) is 0 Å². The Bertz CT molecular complexity index is 308. The lowest BCUT2D eigenvalue weighted by Gasteiger charge is -2.16. The molecule has 0 rings (SSSR count). The SMILES string of the molecule is NCCCC[C@H](NC(=O)[C@@H](N)CC(=O)O)C(=O)O. The first-order valence-corrected chi connectivity index (χ1v) is 5.59. The third-order valence-corrected chi connectivity index (χ3v) is 2.29. The Morgan fingerprint density at radius 3 is 2.22 bits per heavy atom. The van der Waals surface area contributed by atoms with E-state index in [2.05, 4.69) is 5.32 Å². The van der Waals surface area contributed by atoms with Crippen molar-refractivity contribution in [2.45, 2.75) is 37.8 Å². The summed E-state index contributed by atoms with van der Waals surface area (Å²) in [5.41, 5.74) is 10.6. The van der Waals surface area contributed by atoms with Crippen molar-refractivity contribution in [3.05, 3.63) is 0 Å². The highest BCUT2D eigenvalue weighted by Gasteiger charge is 2.24. The second-order valence-corrected chi connectivity index (χ2v) is 3.89. The van der Waals surface area contributed by atoms with Crippen LogP contribution in [0.15, 0.2) is 0 Å². The molecule has 7 N–H and O–H groups in total. The molecule has 0 saturated heterocycles. The number of hydrogen-bond donors (Lipinski definition) is 5. The summed E-state index contributed by atoms with van der Waals surface area (Å²) in [5.74, 6) is -3.17. The van der Waals surface area contributed by atoms with E-state index >= 15 is 0 Å². The fourth-order valence-corrected chi connectivity index (χ4v) is 1.31. The van der Waals surface area contributed by atoms with Crippen molar-refractivity contribution >= 4 is 17.8 Å². The van der Waals surface area contributed by atoms with Gasteiger partial charge in [-0.1, -0.05) is 0 Å². The van der Waals surface area contributed by atoms with Crippen LogP contribution in [-0.2, 0) is 14.4 Å². The van der Waals surface area contributed by atoms with E-state index in [-0.39, 0.29) is 6.42 Å². The van der Waals surface area contributed by atoms with Crippen molar-refractivity contribution in [2.24, 2.45) is 11.5 Å². The highest BCUT2D eigenvalue weighted by molar-refractivity contribution is 5.89. The van der Waals surface area contributed by atoms with Gasteiger partial charge in [0, 0.05) is 0 Å². The molecule has 0 fully saturated rings. The Labute approximate surface area is 104 Å². The van der Waals surface area contributed by atoms with E-state index in [9.17, 15) is 14.4 Å². The minimum Gasteiger partial charge on any atom is -0.481 e. The van der Waals surface area contributed by atoms with Gasteiger partial charge in [0.1, 0.15) is 6.04 Å². The minimum absolute atomic E-state index is 0.234. The molecule has 0 aromatic heterocycles. The van der Waals surface area contributed by atoms with Gasteiger partial charge in [-0.05, 0) is 25.8 Å². The summed E-state index contributed by atoms with van der Waals surface area (Å²) in [6.07, 6.45) is 0.905. The molecular formula is C10H19N3O5. The first-order valence-electron chi connectivity index (χ1n) is 5.59. The second-order valence-electron chi connectivity index (χ2n) is 3.89. The van der Waals surface area contributed by atoms with Crippen LogP contribution in [0.2, 0.25) is 0 Å². The number of carbonyl (C=O) groups excluding carboxylic acids is 1. The molecule has 0 aliphatic carbocycles. The number of nitrogens with one attached hydrogen (secondary N) is 1. The first kappa shape index (κ1) is 16.3. The van der Waals surface area contributed by atoms with E-state index in [1.54, 1.807) is 0 Å². The van der Waals surface area contributed by atoms with Gasteiger partial charge in [-0.25, -0.2) is 4.79 Å². The van der Waals surface area contributed by atoms with E-state index in [0.717, 1.165) is 0 Å². The lowest BCUT2D eigenvalue weighted by molar-refractivity contribution is -0.142. The Morgan fingerprint density at radius 1 is 1.17 bits per heavy atom. The maximum Gasteiger partial charge on any atom is 0.326 e. The van der Waals surface area contributed by atoms with Crippen molar-refractivity contribution in [3.8, 4) is 0 Å². The van der Waals surface area contributed by atoms with E-state index < -0.39 is 36.4 Å². The summed E-state index contributed by atoms with van der Waals surface area (Å²) in [6.45, 7) is 0.443. The Kier molecular flexibility index (Phi) is 7.64. The number of hydrogen-bond acceptors (Lipinski definition) is 5. The van der Waals surface area contributed by atoms with Gasteiger partial charge in [0.15, 0.2) is 0 Å². The molecule has 0 unspecified atom stereocenters. The first-order chi connectivity index (χ1) is 8.38. The lowest BCUT2D eigenvalue weighted by atomic mass is 10.1. The largest absolute Gasteiger partial charge is 0.481 e. The van der Waals surface area contributed by atoms with Crippen molar-refractivity contribution in [1.29, 1.82) is 0 Å². The zero-order valence-corrected chi connectivity index (χ0v) is 9.96. The molecule has 8 heteroatoms. The number of amides is 1. The maximum atomic E-state index is 11.4. The zero-order valence-electron chi connectivity index (χ0n) is 9.96. The van der Waals surface area contributed by atoms with Crippen molar-refractivity contribution in [1.82, 2.24) is 5.32 Å². The Morgan fingerprint density at radius 2 is 1.78 bits per heavy atom. The van der Waals surface area contributed by atoms with Gasteiger partial charge in [-0.15, -0.1) is 0 Å². The molecule has 18 heavy (non-hydrogen) atoms. The number of carbonyl (C=O) groups is 3. The molecule has 0 bridgehead atoms. The van der Waals surface area contributed by atoms with Crippen LogP contribution in [0.3, 0.4) is 0 Å². The molecule has 0 aromatic rings. The third kappa shape index (κ3) is 6.81. The van der Waals surface area contributed by atoms with Gasteiger partial charge < -0.3 is 27.0 Å². The van der Waals surface area contributed by atoms with Crippen molar-refractivity contribution in [2.75, 3.05) is 6.54 Å². The van der Waals surface area contributed by atoms with E-state index in [4.69, 9.17) is 21.7 Å². The lowest BCUT2D eigenvalue weighted by Crippen LogP contribution is -2.49. The summed E-state index contributed by atoms with van der Waals surface area (Å²) in [5, 5.41) is 19.6. The molecular weight excluding hydrogens is 242 g/mol. The minimum atomic E-state index is -1.25. The molecule has 0 aliphatic rings. The molecule has 104 valence electrons. The highest BCUT2D eigenvalue weighted by Crippen LogP contribution is 2.01. The molecule has 0 aromatic carbocycles. The van der Waals surface area contributed by atoms with Crippen LogP contribution in [0.1, 0.15) is 25.7 Å².